The fraction of sp³-hybridized carbons (Fsp3) is 1.00. The van der Waals surface area contributed by atoms with Gasteiger partial charge in [-0.15, -0.1) is 0 Å². The van der Waals surface area contributed by atoms with Gasteiger partial charge in [0.05, 0.1) is 0 Å². The van der Waals surface area contributed by atoms with Crippen molar-refractivity contribution in [3.05, 3.63) is 0 Å². The van der Waals surface area contributed by atoms with E-state index in [-0.39, 0.29) is 0 Å². The normalized spacial score (nSPS) is 18.2. The zero-order chi connectivity index (χ0) is 11.6. The van der Waals surface area contributed by atoms with Crippen LogP contribution in [0.5, 0.6) is 0 Å². The second-order valence-electron chi connectivity index (χ2n) is 5.28. The van der Waals surface area contributed by atoms with Gasteiger partial charge in [0.2, 0.25) is 0 Å². The van der Waals surface area contributed by atoms with Crippen LogP contribution < -0.4 is 5.73 Å². The largest absolute Gasteiger partial charge is 0.330 e. The van der Waals surface area contributed by atoms with Crippen molar-refractivity contribution < 1.29 is 0 Å². The molecule has 1 saturated carbocycles. The van der Waals surface area contributed by atoms with E-state index in [1.165, 1.54) is 64.6 Å². The van der Waals surface area contributed by atoms with Crippen LogP contribution in [0, 0.1) is 5.92 Å². The number of nitrogens with two attached hydrogens (primary N) is 1. The molecule has 1 fully saturated rings. The SMILES string of the molecule is CCCN(CCCN)CCC1CCCCC1. The molecule has 2 nitrogen and oxygen atoms in total. The average Bonchev–Trinajstić information content (AvgIpc) is 2.34. The summed E-state index contributed by atoms with van der Waals surface area (Å²) in [6.07, 6.45) is 11.2. The van der Waals surface area contributed by atoms with Crippen LogP contribution in [0.25, 0.3) is 0 Å². The minimum Gasteiger partial charge on any atom is -0.330 e. The van der Waals surface area contributed by atoms with Gasteiger partial charge in [0.25, 0.3) is 0 Å². The third-order valence-electron chi connectivity index (χ3n) is 3.80. The van der Waals surface area contributed by atoms with E-state index in [4.69, 9.17) is 5.73 Å². The smallest absolute Gasteiger partial charge is 0.000672 e. The third-order valence-corrected chi connectivity index (χ3v) is 3.80. The van der Waals surface area contributed by atoms with Gasteiger partial charge in [-0.2, -0.15) is 0 Å². The summed E-state index contributed by atoms with van der Waals surface area (Å²) in [5.41, 5.74) is 5.59. The van der Waals surface area contributed by atoms with Crippen molar-refractivity contribution in [2.45, 2.75) is 58.3 Å². The summed E-state index contributed by atoms with van der Waals surface area (Å²) in [7, 11) is 0. The molecule has 0 aromatic carbocycles. The Balaban J connectivity index is 2.14. The van der Waals surface area contributed by atoms with Crippen LogP contribution in [0.15, 0.2) is 0 Å². The lowest BCUT2D eigenvalue weighted by atomic mass is 9.87. The highest BCUT2D eigenvalue weighted by atomic mass is 15.1. The zero-order valence-corrected chi connectivity index (χ0v) is 11.1. The van der Waals surface area contributed by atoms with Gasteiger partial charge in [0, 0.05) is 0 Å². The Kier molecular flexibility index (Phi) is 7.87. The predicted molar refractivity (Wildman–Crippen MR) is 71.6 cm³/mol. The second kappa shape index (κ2) is 9.00. The summed E-state index contributed by atoms with van der Waals surface area (Å²) in [5.74, 6) is 1.02. The Labute approximate surface area is 102 Å². The Bertz CT molecular complexity index is 153. The van der Waals surface area contributed by atoms with Crippen LogP contribution in [-0.2, 0) is 0 Å². The Morgan fingerprint density at radius 2 is 1.81 bits per heavy atom. The quantitative estimate of drug-likeness (QED) is 0.689. The average molecular weight is 226 g/mol. The lowest BCUT2D eigenvalue weighted by Gasteiger charge is -2.26. The van der Waals surface area contributed by atoms with Crippen LogP contribution >= 0.6 is 0 Å². The van der Waals surface area contributed by atoms with E-state index < -0.39 is 0 Å². The van der Waals surface area contributed by atoms with Crippen LogP contribution in [-0.4, -0.2) is 31.1 Å². The van der Waals surface area contributed by atoms with Crippen LogP contribution in [0.4, 0.5) is 0 Å². The Morgan fingerprint density at radius 3 is 2.44 bits per heavy atom. The molecule has 0 atom stereocenters. The van der Waals surface area contributed by atoms with Crippen molar-refractivity contribution >= 4 is 0 Å². The molecule has 2 N–H and O–H groups in total. The molecule has 0 aromatic rings. The maximum Gasteiger partial charge on any atom is -0.000672 e. The highest BCUT2D eigenvalue weighted by Gasteiger charge is 2.14. The maximum atomic E-state index is 5.59. The van der Waals surface area contributed by atoms with Gasteiger partial charge in [-0.3, -0.25) is 0 Å². The molecule has 0 unspecified atom stereocenters. The fourth-order valence-corrected chi connectivity index (χ4v) is 2.81. The van der Waals surface area contributed by atoms with Gasteiger partial charge < -0.3 is 10.6 Å². The molecule has 96 valence electrons. The van der Waals surface area contributed by atoms with Crippen molar-refractivity contribution in [3.8, 4) is 0 Å². The Hall–Kier alpha value is -0.0800. The fourth-order valence-electron chi connectivity index (χ4n) is 2.81. The number of hydrogen-bond acceptors (Lipinski definition) is 2. The van der Waals surface area contributed by atoms with Gasteiger partial charge >= 0.3 is 0 Å². The van der Waals surface area contributed by atoms with E-state index in [1.54, 1.807) is 0 Å². The number of rotatable bonds is 8. The second-order valence-corrected chi connectivity index (χ2v) is 5.28. The highest BCUT2D eigenvalue weighted by molar-refractivity contribution is 4.68. The molecule has 0 bridgehead atoms. The van der Waals surface area contributed by atoms with Gasteiger partial charge in [0.15, 0.2) is 0 Å². The van der Waals surface area contributed by atoms with E-state index >= 15 is 0 Å². The molecule has 1 aliphatic carbocycles. The van der Waals surface area contributed by atoms with E-state index in [0.717, 1.165) is 18.9 Å². The molecule has 1 rings (SSSR count). The summed E-state index contributed by atoms with van der Waals surface area (Å²) in [4.78, 5) is 2.61. The van der Waals surface area contributed by atoms with Crippen molar-refractivity contribution in [1.82, 2.24) is 4.90 Å². The first-order valence-electron chi connectivity index (χ1n) is 7.29. The van der Waals surface area contributed by atoms with E-state index in [1.807, 2.05) is 0 Å². The topological polar surface area (TPSA) is 29.3 Å². The molecule has 0 amide bonds. The molecule has 16 heavy (non-hydrogen) atoms. The van der Waals surface area contributed by atoms with Crippen LogP contribution in [0.1, 0.15) is 58.3 Å². The summed E-state index contributed by atoms with van der Waals surface area (Å²) in [6.45, 7) is 6.88. The molecular weight excluding hydrogens is 196 g/mol. The zero-order valence-electron chi connectivity index (χ0n) is 11.1. The first kappa shape index (κ1) is 14.0. The molecule has 0 radical (unpaired) electrons. The monoisotopic (exact) mass is 226 g/mol. The number of nitrogens with zero attached hydrogens (tertiary/aromatic N) is 1. The van der Waals surface area contributed by atoms with E-state index in [0.29, 0.717) is 0 Å². The standard InChI is InChI=1S/C14H30N2/c1-2-11-16(12-6-10-15)13-9-14-7-4-3-5-8-14/h14H,2-13,15H2,1H3. The molecule has 0 heterocycles. The van der Waals surface area contributed by atoms with Crippen molar-refractivity contribution in [1.29, 1.82) is 0 Å². The van der Waals surface area contributed by atoms with E-state index in [2.05, 4.69) is 11.8 Å². The van der Waals surface area contributed by atoms with Crippen LogP contribution in [0.3, 0.4) is 0 Å². The minimum absolute atomic E-state index is 0.837. The molecular formula is C14H30N2. The van der Waals surface area contributed by atoms with Crippen molar-refractivity contribution in [2.24, 2.45) is 11.7 Å². The molecule has 0 aliphatic heterocycles. The number of hydrogen-bond donors (Lipinski definition) is 1. The summed E-state index contributed by atoms with van der Waals surface area (Å²) in [5, 5.41) is 0. The summed E-state index contributed by atoms with van der Waals surface area (Å²) >= 11 is 0. The minimum atomic E-state index is 0.837. The predicted octanol–water partition coefficient (Wildman–Crippen LogP) is 3.02. The highest BCUT2D eigenvalue weighted by Crippen LogP contribution is 2.26. The van der Waals surface area contributed by atoms with Crippen LogP contribution in [0.2, 0.25) is 0 Å². The lowest BCUT2D eigenvalue weighted by Crippen LogP contribution is -2.29. The van der Waals surface area contributed by atoms with Crippen molar-refractivity contribution in [3.63, 3.8) is 0 Å². The Morgan fingerprint density at radius 1 is 1.06 bits per heavy atom. The summed E-state index contributed by atoms with van der Waals surface area (Å²) < 4.78 is 0. The first-order chi connectivity index (χ1) is 7.86. The molecule has 0 aromatic heterocycles. The molecule has 0 saturated heterocycles. The molecule has 1 aliphatic rings. The van der Waals surface area contributed by atoms with E-state index in [9.17, 15) is 0 Å². The molecule has 0 spiro atoms. The van der Waals surface area contributed by atoms with Gasteiger partial charge in [0.1, 0.15) is 0 Å². The molecule has 2 heteroatoms. The first-order valence-corrected chi connectivity index (χ1v) is 7.29. The van der Waals surface area contributed by atoms with Crippen molar-refractivity contribution in [2.75, 3.05) is 26.2 Å². The third kappa shape index (κ3) is 5.86. The van der Waals surface area contributed by atoms with Gasteiger partial charge in [-0.05, 0) is 51.4 Å². The maximum absolute atomic E-state index is 5.59. The summed E-state index contributed by atoms with van der Waals surface area (Å²) in [6, 6.07) is 0. The van der Waals surface area contributed by atoms with Gasteiger partial charge in [-0.25, -0.2) is 0 Å². The lowest BCUT2D eigenvalue weighted by molar-refractivity contribution is 0.230. The van der Waals surface area contributed by atoms with Gasteiger partial charge in [-0.1, -0.05) is 39.0 Å².